The summed E-state index contributed by atoms with van der Waals surface area (Å²) in [6.07, 6.45) is 0.739. The molecule has 0 aliphatic rings. The highest BCUT2D eigenvalue weighted by Crippen LogP contribution is 2.32. The summed E-state index contributed by atoms with van der Waals surface area (Å²) in [4.78, 5) is 37.4. The average molecular weight is 472 g/mol. The van der Waals surface area contributed by atoms with Crippen molar-refractivity contribution in [3.63, 3.8) is 0 Å². The summed E-state index contributed by atoms with van der Waals surface area (Å²) in [6, 6.07) is 11.9. The molecular weight excluding hydrogens is 446 g/mol. The molecule has 0 spiro atoms. The number of nitrogens with one attached hydrogen (secondary N) is 1. The van der Waals surface area contributed by atoms with Crippen molar-refractivity contribution >= 4 is 34.6 Å². The third-order valence-electron chi connectivity index (χ3n) is 4.64. The van der Waals surface area contributed by atoms with Crippen LogP contribution < -0.4 is 15.7 Å². The van der Waals surface area contributed by atoms with E-state index in [4.69, 9.17) is 25.5 Å². The van der Waals surface area contributed by atoms with Gasteiger partial charge in [0.05, 0.1) is 5.02 Å². The molecule has 0 radical (unpaired) electrons. The number of hydrogen-bond acceptors (Lipinski definition) is 6. The van der Waals surface area contributed by atoms with Gasteiger partial charge in [0.25, 0.3) is 0 Å². The highest BCUT2D eigenvalue weighted by molar-refractivity contribution is 6.33. The fraction of sp³-hybridized carbons (Fsp3) is 0.320. The molecule has 1 aromatic heterocycles. The summed E-state index contributed by atoms with van der Waals surface area (Å²) in [5, 5.41) is 3.40. The van der Waals surface area contributed by atoms with E-state index in [2.05, 4.69) is 5.32 Å². The molecule has 0 bridgehead atoms. The first-order chi connectivity index (χ1) is 15.6. The highest BCUT2D eigenvalue weighted by atomic mass is 35.5. The summed E-state index contributed by atoms with van der Waals surface area (Å²) in [6.45, 7) is 7.16. The van der Waals surface area contributed by atoms with Crippen LogP contribution in [0.3, 0.4) is 0 Å². The minimum atomic E-state index is -1.15. The van der Waals surface area contributed by atoms with Gasteiger partial charge in [0.15, 0.2) is 11.8 Å². The number of halogens is 1. The molecule has 33 heavy (non-hydrogen) atoms. The number of rotatable bonds is 6. The van der Waals surface area contributed by atoms with Crippen LogP contribution in [0.2, 0.25) is 5.02 Å². The third-order valence-corrected chi connectivity index (χ3v) is 4.94. The van der Waals surface area contributed by atoms with Crippen LogP contribution in [-0.4, -0.2) is 17.7 Å². The molecule has 1 atom stereocenters. The largest absolute Gasteiger partial charge is 0.444 e. The Balaban J connectivity index is 1.93. The lowest BCUT2D eigenvalue weighted by Gasteiger charge is -2.23. The number of carbonyl (C=O) groups excluding carboxylic acids is 2. The number of hydrogen-bond donors (Lipinski definition) is 1. The van der Waals surface area contributed by atoms with Gasteiger partial charge in [-0.25, -0.2) is 14.4 Å². The number of amides is 1. The van der Waals surface area contributed by atoms with Crippen molar-refractivity contribution in [1.82, 2.24) is 5.32 Å². The molecule has 0 aliphatic heterocycles. The van der Waals surface area contributed by atoms with Gasteiger partial charge in [-0.3, -0.25) is 0 Å². The van der Waals surface area contributed by atoms with E-state index in [0.29, 0.717) is 17.4 Å². The quantitative estimate of drug-likeness (QED) is 0.287. The molecule has 1 amide bonds. The zero-order valence-electron chi connectivity index (χ0n) is 18.9. The molecule has 1 heterocycles. The van der Waals surface area contributed by atoms with E-state index in [1.165, 1.54) is 12.1 Å². The van der Waals surface area contributed by atoms with E-state index in [9.17, 15) is 14.4 Å². The van der Waals surface area contributed by atoms with Crippen molar-refractivity contribution < 1.29 is 23.5 Å². The smallest absolute Gasteiger partial charge is 0.408 e. The Morgan fingerprint density at radius 2 is 1.82 bits per heavy atom. The van der Waals surface area contributed by atoms with Crippen LogP contribution in [0.5, 0.6) is 5.75 Å². The summed E-state index contributed by atoms with van der Waals surface area (Å²) >= 11 is 6.39. The number of esters is 1. The Kier molecular flexibility index (Phi) is 7.43. The van der Waals surface area contributed by atoms with E-state index >= 15 is 0 Å². The van der Waals surface area contributed by atoms with Gasteiger partial charge < -0.3 is 19.2 Å². The molecule has 8 heteroatoms. The van der Waals surface area contributed by atoms with Crippen molar-refractivity contribution in [1.29, 1.82) is 0 Å². The van der Waals surface area contributed by atoms with E-state index in [1.54, 1.807) is 57.2 Å². The van der Waals surface area contributed by atoms with Crippen molar-refractivity contribution in [3.8, 4) is 5.75 Å². The van der Waals surface area contributed by atoms with Crippen LogP contribution in [-0.2, 0) is 16.0 Å². The van der Waals surface area contributed by atoms with Gasteiger partial charge in [0.1, 0.15) is 11.2 Å². The molecule has 174 valence electrons. The predicted molar refractivity (Wildman–Crippen MR) is 126 cm³/mol. The number of alkyl carbamates (subject to hydrolysis) is 1. The SMILES string of the molecule is CCCc1cc(=O)oc2cc(OC(=O)C(NC(=O)OC(C)(C)C)c3ccccc3)c(Cl)cc12. The molecule has 1 N–H and O–H groups in total. The fourth-order valence-electron chi connectivity index (χ4n) is 3.30. The first kappa shape index (κ1) is 24.3. The van der Waals surface area contributed by atoms with E-state index in [0.717, 1.165) is 12.0 Å². The van der Waals surface area contributed by atoms with Gasteiger partial charge in [0.2, 0.25) is 0 Å². The number of ether oxygens (including phenoxy) is 2. The number of fused-ring (bicyclic) bond motifs is 1. The van der Waals surface area contributed by atoms with E-state index in [-0.39, 0.29) is 16.4 Å². The summed E-state index contributed by atoms with van der Waals surface area (Å²) in [7, 11) is 0. The lowest BCUT2D eigenvalue weighted by molar-refractivity contribution is -0.137. The van der Waals surface area contributed by atoms with Gasteiger partial charge in [-0.2, -0.15) is 0 Å². The van der Waals surface area contributed by atoms with Crippen molar-refractivity contribution in [2.75, 3.05) is 0 Å². The molecule has 3 rings (SSSR count). The van der Waals surface area contributed by atoms with Crippen molar-refractivity contribution in [2.24, 2.45) is 0 Å². The minimum absolute atomic E-state index is 0.0119. The maximum absolute atomic E-state index is 13.1. The summed E-state index contributed by atoms with van der Waals surface area (Å²) in [5.74, 6) is -0.766. The lowest BCUT2D eigenvalue weighted by atomic mass is 10.1. The Morgan fingerprint density at radius 1 is 1.12 bits per heavy atom. The second-order valence-corrected chi connectivity index (χ2v) is 8.94. The van der Waals surface area contributed by atoms with Crippen LogP contribution in [0, 0.1) is 0 Å². The van der Waals surface area contributed by atoms with Crippen LogP contribution in [0.15, 0.2) is 57.7 Å². The van der Waals surface area contributed by atoms with Crippen molar-refractivity contribution in [3.05, 3.63) is 75.1 Å². The zero-order valence-corrected chi connectivity index (χ0v) is 19.7. The van der Waals surface area contributed by atoms with Crippen molar-refractivity contribution in [2.45, 2.75) is 52.2 Å². The molecule has 7 nitrogen and oxygen atoms in total. The maximum atomic E-state index is 13.1. The normalized spacial score (nSPS) is 12.3. The highest BCUT2D eigenvalue weighted by Gasteiger charge is 2.28. The maximum Gasteiger partial charge on any atom is 0.408 e. The second-order valence-electron chi connectivity index (χ2n) is 8.53. The lowest BCUT2D eigenvalue weighted by Crippen LogP contribution is -2.39. The molecule has 0 saturated carbocycles. The molecule has 0 aliphatic carbocycles. The second kappa shape index (κ2) is 10.1. The number of carbonyl (C=O) groups is 2. The van der Waals surface area contributed by atoms with Gasteiger partial charge >= 0.3 is 17.7 Å². The van der Waals surface area contributed by atoms with Gasteiger partial charge in [-0.15, -0.1) is 0 Å². The van der Waals surface area contributed by atoms with Crippen LogP contribution >= 0.6 is 11.6 Å². The first-order valence-electron chi connectivity index (χ1n) is 10.6. The standard InChI is InChI=1S/C25H26ClNO6/c1-5-9-16-12-21(28)31-19-14-20(18(26)13-17(16)19)32-23(29)22(15-10-7-6-8-11-15)27-24(30)33-25(2,3)4/h6-8,10-14,22H,5,9H2,1-4H3,(H,27,30). The fourth-order valence-corrected chi connectivity index (χ4v) is 3.50. The Bertz CT molecular complexity index is 1210. The molecule has 3 aromatic rings. The monoisotopic (exact) mass is 471 g/mol. The molecule has 0 saturated heterocycles. The zero-order chi connectivity index (χ0) is 24.2. The number of aryl methyl sites for hydroxylation is 1. The van der Waals surface area contributed by atoms with Crippen LogP contribution in [0.4, 0.5) is 4.79 Å². The van der Waals surface area contributed by atoms with E-state index < -0.39 is 29.3 Å². The van der Waals surface area contributed by atoms with Crippen LogP contribution in [0.25, 0.3) is 11.0 Å². The summed E-state index contributed by atoms with van der Waals surface area (Å²) in [5.41, 5.74) is 0.318. The topological polar surface area (TPSA) is 94.8 Å². The Labute approximate surface area is 196 Å². The van der Waals surface area contributed by atoms with Gasteiger partial charge in [-0.1, -0.05) is 55.3 Å². The van der Waals surface area contributed by atoms with E-state index in [1.807, 2.05) is 6.92 Å². The Hall–Kier alpha value is -3.32. The first-order valence-corrected chi connectivity index (χ1v) is 11.0. The minimum Gasteiger partial charge on any atom is -0.444 e. The molecule has 1 unspecified atom stereocenters. The third kappa shape index (κ3) is 6.35. The molecule has 2 aromatic carbocycles. The summed E-state index contributed by atoms with van der Waals surface area (Å²) < 4.78 is 16.1. The van der Waals surface area contributed by atoms with Gasteiger partial charge in [-0.05, 0) is 44.4 Å². The van der Waals surface area contributed by atoms with Crippen LogP contribution in [0.1, 0.15) is 51.3 Å². The number of benzene rings is 2. The molecule has 0 fully saturated rings. The molecular formula is C25H26ClNO6. The predicted octanol–water partition coefficient (Wildman–Crippen LogP) is 5.57. The average Bonchev–Trinajstić information content (AvgIpc) is 2.72. The van der Waals surface area contributed by atoms with Gasteiger partial charge in [0, 0.05) is 17.5 Å². The Morgan fingerprint density at radius 3 is 2.45 bits per heavy atom.